The van der Waals surface area contributed by atoms with Gasteiger partial charge in [-0.05, 0) is 38.0 Å². The highest BCUT2D eigenvalue weighted by molar-refractivity contribution is 7.80. The highest BCUT2D eigenvalue weighted by atomic mass is 32.1. The van der Waals surface area contributed by atoms with Gasteiger partial charge in [0.15, 0.2) is 5.11 Å². The largest absolute Gasteiger partial charge is 0.496 e. The number of hydrogen-bond acceptors (Lipinski definition) is 5. The van der Waals surface area contributed by atoms with Gasteiger partial charge in [0.25, 0.3) is 0 Å². The van der Waals surface area contributed by atoms with E-state index >= 15 is 0 Å². The van der Waals surface area contributed by atoms with E-state index in [1.165, 1.54) is 18.2 Å². The Morgan fingerprint density at radius 2 is 1.89 bits per heavy atom. The van der Waals surface area contributed by atoms with Gasteiger partial charge >= 0.3 is 5.97 Å². The molecule has 0 radical (unpaired) electrons. The van der Waals surface area contributed by atoms with Crippen LogP contribution >= 0.6 is 12.2 Å². The Hall–Kier alpha value is -1.86. The van der Waals surface area contributed by atoms with Crippen molar-refractivity contribution in [2.45, 2.75) is 39.2 Å². The molecule has 1 N–H and O–H groups in total. The summed E-state index contributed by atoms with van der Waals surface area (Å²) in [6.07, 6.45) is 3.36. The number of carbonyl (C=O) groups excluding carboxylic acids is 1. The predicted molar refractivity (Wildman–Crippen MR) is 116 cm³/mol. The summed E-state index contributed by atoms with van der Waals surface area (Å²) in [5.41, 5.74) is 2.50. The quantitative estimate of drug-likeness (QED) is 0.384. The summed E-state index contributed by atoms with van der Waals surface area (Å²) >= 11 is 5.54. The zero-order chi connectivity index (χ0) is 20.4. The van der Waals surface area contributed by atoms with Gasteiger partial charge in [-0.2, -0.15) is 0 Å². The molecule has 0 atom stereocenters. The topological polar surface area (TPSA) is 54.0 Å². The number of hydrogen-bond donors (Lipinski definition) is 1. The fraction of sp³-hybridized carbons (Fsp3) is 0.619. The van der Waals surface area contributed by atoms with E-state index in [2.05, 4.69) is 38.9 Å². The predicted octanol–water partition coefficient (Wildman–Crippen LogP) is 2.73. The van der Waals surface area contributed by atoms with Crippen LogP contribution in [0.2, 0.25) is 0 Å². The number of ether oxygens (including phenoxy) is 2. The summed E-state index contributed by atoms with van der Waals surface area (Å²) in [7, 11) is 3.16. The average molecular weight is 408 g/mol. The molecule has 1 aromatic carbocycles. The van der Waals surface area contributed by atoms with Crippen LogP contribution in [-0.2, 0) is 16.1 Å². The summed E-state index contributed by atoms with van der Waals surface area (Å²) in [5.74, 6) is 0.821. The van der Waals surface area contributed by atoms with Crippen LogP contribution in [0.4, 0.5) is 0 Å². The number of unbranched alkanes of at least 4 members (excludes halogenated alkanes) is 2. The monoisotopic (exact) mass is 407 g/mol. The third-order valence-corrected chi connectivity index (χ3v) is 5.45. The van der Waals surface area contributed by atoms with Crippen LogP contribution in [0.5, 0.6) is 5.75 Å². The molecule has 1 aliphatic heterocycles. The second-order valence-corrected chi connectivity index (χ2v) is 7.58. The summed E-state index contributed by atoms with van der Waals surface area (Å²) in [5, 5.41) is 4.18. The van der Waals surface area contributed by atoms with Crippen molar-refractivity contribution in [3.8, 4) is 5.75 Å². The highest BCUT2D eigenvalue weighted by Gasteiger charge is 2.19. The van der Waals surface area contributed by atoms with E-state index < -0.39 is 0 Å². The Morgan fingerprint density at radius 3 is 2.57 bits per heavy atom. The number of nitrogens with zero attached hydrogens (tertiary/aromatic N) is 2. The molecule has 1 saturated heterocycles. The van der Waals surface area contributed by atoms with Crippen LogP contribution < -0.4 is 10.1 Å². The maximum absolute atomic E-state index is 11.1. The molecule has 2 rings (SSSR count). The van der Waals surface area contributed by atoms with Gasteiger partial charge in [0.2, 0.25) is 0 Å². The Balaban J connectivity index is 1.65. The van der Waals surface area contributed by atoms with Crippen molar-refractivity contribution in [2.75, 3.05) is 46.9 Å². The molecular formula is C21H33N3O3S. The van der Waals surface area contributed by atoms with Crippen molar-refractivity contribution in [3.63, 3.8) is 0 Å². The van der Waals surface area contributed by atoms with Crippen molar-refractivity contribution < 1.29 is 14.3 Å². The van der Waals surface area contributed by atoms with Crippen LogP contribution in [-0.4, -0.2) is 67.8 Å². The zero-order valence-corrected chi connectivity index (χ0v) is 18.1. The first-order valence-corrected chi connectivity index (χ1v) is 10.4. The minimum absolute atomic E-state index is 0.135. The van der Waals surface area contributed by atoms with Crippen LogP contribution in [0.15, 0.2) is 18.2 Å². The Bertz CT molecular complexity index is 646. The number of esters is 1. The lowest BCUT2D eigenvalue weighted by Gasteiger charge is -2.36. The van der Waals surface area contributed by atoms with Gasteiger partial charge in [-0.15, -0.1) is 0 Å². The standard InChI is InChI=1S/C21H33N3O3S/c1-17-8-9-19(26-2)18(15-17)16-23-11-13-24(14-12-23)21(28)22-10-6-4-5-7-20(25)27-3/h8-9,15H,4-7,10-14,16H2,1-3H3,(H,22,28). The second-order valence-electron chi connectivity index (χ2n) is 7.20. The minimum Gasteiger partial charge on any atom is -0.496 e. The van der Waals surface area contributed by atoms with Gasteiger partial charge in [0.05, 0.1) is 14.2 Å². The number of aryl methyl sites for hydroxylation is 1. The number of thiocarbonyl (C=S) groups is 1. The van der Waals surface area contributed by atoms with E-state index in [4.69, 9.17) is 17.0 Å². The lowest BCUT2D eigenvalue weighted by Crippen LogP contribution is -2.51. The molecule has 0 bridgehead atoms. The molecule has 156 valence electrons. The number of carbonyl (C=O) groups is 1. The molecule has 1 fully saturated rings. The van der Waals surface area contributed by atoms with Crippen molar-refractivity contribution >= 4 is 23.3 Å². The third-order valence-electron chi connectivity index (χ3n) is 5.05. The van der Waals surface area contributed by atoms with E-state index in [0.717, 1.165) is 69.4 Å². The normalized spacial score (nSPS) is 14.6. The van der Waals surface area contributed by atoms with Crippen LogP contribution in [0.25, 0.3) is 0 Å². The lowest BCUT2D eigenvalue weighted by molar-refractivity contribution is -0.140. The summed E-state index contributed by atoms with van der Waals surface area (Å²) < 4.78 is 10.1. The van der Waals surface area contributed by atoms with Crippen LogP contribution in [0.3, 0.4) is 0 Å². The van der Waals surface area contributed by atoms with Gasteiger partial charge in [-0.3, -0.25) is 9.69 Å². The van der Waals surface area contributed by atoms with E-state index in [1.54, 1.807) is 7.11 Å². The molecule has 28 heavy (non-hydrogen) atoms. The number of piperazine rings is 1. The lowest BCUT2D eigenvalue weighted by atomic mass is 10.1. The van der Waals surface area contributed by atoms with Crippen molar-refractivity contribution in [2.24, 2.45) is 0 Å². The molecule has 0 saturated carbocycles. The van der Waals surface area contributed by atoms with Gasteiger partial charge in [-0.1, -0.05) is 24.1 Å². The van der Waals surface area contributed by atoms with E-state index in [1.807, 2.05) is 6.07 Å². The van der Waals surface area contributed by atoms with Gasteiger partial charge in [0, 0.05) is 51.3 Å². The molecule has 0 aromatic heterocycles. The number of nitrogens with one attached hydrogen (secondary N) is 1. The third kappa shape index (κ3) is 7.28. The van der Waals surface area contributed by atoms with Gasteiger partial charge in [-0.25, -0.2) is 0 Å². The average Bonchev–Trinajstić information content (AvgIpc) is 2.71. The second kappa shape index (κ2) is 11.9. The summed E-state index contributed by atoms with van der Waals surface area (Å²) in [4.78, 5) is 15.8. The van der Waals surface area contributed by atoms with Gasteiger partial charge in [0.1, 0.15) is 5.75 Å². The molecule has 0 unspecified atom stereocenters. The highest BCUT2D eigenvalue weighted by Crippen LogP contribution is 2.22. The molecule has 0 spiro atoms. The number of methoxy groups -OCH3 is 2. The zero-order valence-electron chi connectivity index (χ0n) is 17.3. The smallest absolute Gasteiger partial charge is 0.305 e. The van der Waals surface area contributed by atoms with Crippen molar-refractivity contribution in [1.29, 1.82) is 0 Å². The maximum atomic E-state index is 11.1. The molecule has 1 aliphatic rings. The van der Waals surface area contributed by atoms with Gasteiger partial charge < -0.3 is 19.7 Å². The maximum Gasteiger partial charge on any atom is 0.305 e. The Morgan fingerprint density at radius 1 is 1.14 bits per heavy atom. The Labute approximate surface area is 174 Å². The van der Waals surface area contributed by atoms with Crippen molar-refractivity contribution in [1.82, 2.24) is 15.1 Å². The molecule has 7 heteroatoms. The first kappa shape index (κ1) is 22.4. The van der Waals surface area contributed by atoms with E-state index in [9.17, 15) is 4.79 Å². The molecule has 0 aliphatic carbocycles. The number of rotatable bonds is 9. The molecular weight excluding hydrogens is 374 g/mol. The fourth-order valence-corrected chi connectivity index (χ4v) is 3.65. The van der Waals surface area contributed by atoms with Crippen LogP contribution in [0, 0.1) is 6.92 Å². The fourth-order valence-electron chi connectivity index (χ4n) is 3.36. The summed E-state index contributed by atoms with van der Waals surface area (Å²) in [6, 6.07) is 6.34. The summed E-state index contributed by atoms with van der Waals surface area (Å²) in [6.45, 7) is 7.70. The SMILES string of the molecule is COC(=O)CCCCCNC(=S)N1CCN(Cc2cc(C)ccc2OC)CC1. The first-order chi connectivity index (χ1) is 13.5. The Kier molecular flexibility index (Phi) is 9.50. The van der Waals surface area contributed by atoms with E-state index in [0.29, 0.717) is 6.42 Å². The number of benzene rings is 1. The first-order valence-electron chi connectivity index (χ1n) is 9.99. The molecule has 6 nitrogen and oxygen atoms in total. The molecule has 0 amide bonds. The van der Waals surface area contributed by atoms with Crippen LogP contribution in [0.1, 0.15) is 36.8 Å². The minimum atomic E-state index is -0.135. The molecule has 1 heterocycles. The van der Waals surface area contributed by atoms with E-state index in [-0.39, 0.29) is 5.97 Å². The molecule has 1 aromatic rings. The van der Waals surface area contributed by atoms with Crippen molar-refractivity contribution in [3.05, 3.63) is 29.3 Å².